The number of hydrogen-bond acceptors (Lipinski definition) is 2. The van der Waals surface area contributed by atoms with Crippen molar-refractivity contribution in [3.63, 3.8) is 0 Å². The molecule has 3 nitrogen and oxygen atoms in total. The largest absolute Gasteiger partial charge is 0.243 e. The summed E-state index contributed by atoms with van der Waals surface area (Å²) in [5.41, 5.74) is 0. The van der Waals surface area contributed by atoms with Crippen molar-refractivity contribution in [2.24, 2.45) is 0 Å². The first kappa shape index (κ1) is 11.9. The van der Waals surface area contributed by atoms with E-state index in [4.69, 9.17) is 11.6 Å². The lowest BCUT2D eigenvalue weighted by Gasteiger charge is -2.22. The highest BCUT2D eigenvalue weighted by atomic mass is 35.5. The van der Waals surface area contributed by atoms with Gasteiger partial charge in [-0.25, -0.2) is 8.42 Å². The van der Waals surface area contributed by atoms with Gasteiger partial charge in [0.05, 0.1) is 4.90 Å². The van der Waals surface area contributed by atoms with Gasteiger partial charge in [0.2, 0.25) is 10.0 Å². The molecular formula is C11H14ClNO2S. The maximum atomic E-state index is 12.3. The summed E-state index contributed by atoms with van der Waals surface area (Å²) in [6.07, 6.45) is 1.75. The lowest BCUT2D eigenvalue weighted by molar-refractivity contribution is 0.411. The molecule has 0 N–H and O–H groups in total. The van der Waals surface area contributed by atoms with Crippen molar-refractivity contribution in [2.75, 3.05) is 12.4 Å². The summed E-state index contributed by atoms with van der Waals surface area (Å²) in [4.78, 5) is 0.354. The highest BCUT2D eigenvalue weighted by Crippen LogP contribution is 2.26. The van der Waals surface area contributed by atoms with Crippen LogP contribution in [0, 0.1) is 0 Å². The molecule has 0 saturated carbocycles. The van der Waals surface area contributed by atoms with Gasteiger partial charge in [0.25, 0.3) is 0 Å². The number of hydrogen-bond donors (Lipinski definition) is 0. The highest BCUT2D eigenvalue weighted by Gasteiger charge is 2.34. The molecule has 88 valence electrons. The van der Waals surface area contributed by atoms with E-state index in [9.17, 15) is 8.42 Å². The average molecular weight is 260 g/mol. The van der Waals surface area contributed by atoms with Crippen LogP contribution in [0.3, 0.4) is 0 Å². The van der Waals surface area contributed by atoms with Gasteiger partial charge in [0.15, 0.2) is 0 Å². The molecule has 16 heavy (non-hydrogen) atoms. The van der Waals surface area contributed by atoms with Crippen LogP contribution in [0.25, 0.3) is 0 Å². The maximum absolute atomic E-state index is 12.3. The summed E-state index contributed by atoms with van der Waals surface area (Å²) in [6.45, 7) is 0.578. The zero-order chi connectivity index (χ0) is 11.6. The maximum Gasteiger partial charge on any atom is 0.243 e. The fourth-order valence-electron chi connectivity index (χ4n) is 2.01. The Labute approximate surface area is 101 Å². The molecule has 5 heteroatoms. The molecule has 0 spiro atoms. The average Bonchev–Trinajstić information content (AvgIpc) is 2.79. The third-order valence-corrected chi connectivity index (χ3v) is 5.17. The van der Waals surface area contributed by atoms with Crippen LogP contribution in [0.15, 0.2) is 35.2 Å². The molecule has 1 unspecified atom stereocenters. The summed E-state index contributed by atoms with van der Waals surface area (Å²) in [7, 11) is -3.35. The Balaban J connectivity index is 2.33. The van der Waals surface area contributed by atoms with Gasteiger partial charge in [-0.1, -0.05) is 18.2 Å². The molecule has 1 atom stereocenters. The van der Waals surface area contributed by atoms with Gasteiger partial charge < -0.3 is 0 Å². The van der Waals surface area contributed by atoms with E-state index in [0.29, 0.717) is 17.3 Å². The van der Waals surface area contributed by atoms with Crippen LogP contribution in [0.5, 0.6) is 0 Å². The van der Waals surface area contributed by atoms with Crippen molar-refractivity contribution < 1.29 is 8.42 Å². The highest BCUT2D eigenvalue weighted by molar-refractivity contribution is 7.89. The quantitative estimate of drug-likeness (QED) is 0.780. The molecule has 0 aromatic heterocycles. The Hall–Kier alpha value is -0.580. The van der Waals surface area contributed by atoms with E-state index in [1.165, 1.54) is 4.31 Å². The number of nitrogens with zero attached hydrogens (tertiary/aromatic N) is 1. The molecule has 0 radical (unpaired) electrons. The van der Waals surface area contributed by atoms with Crippen molar-refractivity contribution in [1.82, 2.24) is 4.31 Å². The van der Waals surface area contributed by atoms with E-state index in [1.807, 2.05) is 6.07 Å². The second-order valence-electron chi connectivity index (χ2n) is 3.88. The number of alkyl halides is 1. The summed E-state index contributed by atoms with van der Waals surface area (Å²) in [5, 5.41) is 0. The number of benzene rings is 1. The molecule has 1 aromatic carbocycles. The van der Waals surface area contributed by atoms with Gasteiger partial charge in [-0.05, 0) is 25.0 Å². The molecule has 1 aliphatic heterocycles. The van der Waals surface area contributed by atoms with E-state index in [1.54, 1.807) is 24.3 Å². The minimum absolute atomic E-state index is 0.0492. The molecule has 1 heterocycles. The zero-order valence-corrected chi connectivity index (χ0v) is 10.4. The molecular weight excluding hydrogens is 246 g/mol. The van der Waals surface area contributed by atoms with Gasteiger partial charge in [0.1, 0.15) is 0 Å². The summed E-state index contributed by atoms with van der Waals surface area (Å²) in [6, 6.07) is 8.48. The van der Waals surface area contributed by atoms with Crippen LogP contribution < -0.4 is 0 Å². The van der Waals surface area contributed by atoms with Gasteiger partial charge in [-0.15, -0.1) is 11.6 Å². The van der Waals surface area contributed by atoms with Crippen LogP contribution in [0.4, 0.5) is 0 Å². The molecule has 1 aromatic rings. The van der Waals surface area contributed by atoms with Crippen molar-refractivity contribution in [2.45, 2.75) is 23.8 Å². The van der Waals surface area contributed by atoms with Crippen molar-refractivity contribution in [3.05, 3.63) is 30.3 Å². The van der Waals surface area contributed by atoms with Crippen LogP contribution in [-0.2, 0) is 10.0 Å². The predicted molar refractivity (Wildman–Crippen MR) is 64.1 cm³/mol. The van der Waals surface area contributed by atoms with E-state index in [-0.39, 0.29) is 6.04 Å². The summed E-state index contributed by atoms with van der Waals surface area (Å²) >= 11 is 5.79. The molecule has 1 saturated heterocycles. The smallest absolute Gasteiger partial charge is 0.207 e. The monoisotopic (exact) mass is 259 g/mol. The second-order valence-corrected chi connectivity index (χ2v) is 6.08. The third kappa shape index (κ3) is 2.10. The number of sulfonamides is 1. The molecule has 0 aliphatic carbocycles. The Morgan fingerprint density at radius 1 is 1.31 bits per heavy atom. The summed E-state index contributed by atoms with van der Waals surface area (Å²) in [5.74, 6) is 0.367. The SMILES string of the molecule is O=S(=O)(c1ccccc1)N1CCCC1CCl. The number of halogens is 1. The predicted octanol–water partition coefficient (Wildman–Crippen LogP) is 2.08. The van der Waals surface area contributed by atoms with E-state index >= 15 is 0 Å². The first-order valence-electron chi connectivity index (χ1n) is 5.29. The minimum atomic E-state index is -3.35. The molecule has 0 amide bonds. The van der Waals surface area contributed by atoms with Crippen LogP contribution in [-0.4, -0.2) is 31.2 Å². The van der Waals surface area contributed by atoms with Gasteiger partial charge in [-0.2, -0.15) is 4.31 Å². The Morgan fingerprint density at radius 2 is 2.00 bits per heavy atom. The Bertz CT molecular complexity index is 446. The standard InChI is InChI=1S/C11H14ClNO2S/c12-9-10-5-4-8-13(10)16(14,15)11-6-2-1-3-7-11/h1-3,6-7,10H,4-5,8-9H2. The van der Waals surface area contributed by atoms with Crippen LogP contribution in [0.1, 0.15) is 12.8 Å². The first-order chi connectivity index (χ1) is 7.66. The fourth-order valence-corrected chi connectivity index (χ4v) is 4.12. The Morgan fingerprint density at radius 3 is 2.62 bits per heavy atom. The molecule has 1 aliphatic rings. The lowest BCUT2D eigenvalue weighted by Crippen LogP contribution is -2.36. The van der Waals surface area contributed by atoms with Crippen molar-refractivity contribution in [3.8, 4) is 0 Å². The molecule has 0 bridgehead atoms. The van der Waals surface area contributed by atoms with Gasteiger partial charge >= 0.3 is 0 Å². The zero-order valence-electron chi connectivity index (χ0n) is 8.84. The molecule has 1 fully saturated rings. The topological polar surface area (TPSA) is 37.4 Å². The second kappa shape index (κ2) is 4.73. The first-order valence-corrected chi connectivity index (χ1v) is 7.26. The normalized spacial score (nSPS) is 22.4. The fraction of sp³-hybridized carbons (Fsp3) is 0.455. The van der Waals surface area contributed by atoms with E-state index in [2.05, 4.69) is 0 Å². The van der Waals surface area contributed by atoms with Gasteiger partial charge in [-0.3, -0.25) is 0 Å². The number of rotatable bonds is 3. The minimum Gasteiger partial charge on any atom is -0.207 e. The van der Waals surface area contributed by atoms with Crippen LogP contribution in [0.2, 0.25) is 0 Å². The van der Waals surface area contributed by atoms with E-state index in [0.717, 1.165) is 12.8 Å². The van der Waals surface area contributed by atoms with Gasteiger partial charge in [0, 0.05) is 18.5 Å². The van der Waals surface area contributed by atoms with Crippen molar-refractivity contribution >= 4 is 21.6 Å². The van der Waals surface area contributed by atoms with Crippen molar-refractivity contribution in [1.29, 1.82) is 0 Å². The Kier molecular flexibility index (Phi) is 3.52. The van der Waals surface area contributed by atoms with E-state index < -0.39 is 10.0 Å². The lowest BCUT2D eigenvalue weighted by atomic mass is 10.3. The summed E-state index contributed by atoms with van der Waals surface area (Å²) < 4.78 is 26.1. The van der Waals surface area contributed by atoms with Crippen LogP contribution >= 0.6 is 11.6 Å². The third-order valence-electron chi connectivity index (χ3n) is 2.85. The molecule has 2 rings (SSSR count).